The van der Waals surface area contributed by atoms with Crippen LogP contribution >= 0.6 is 0 Å². The van der Waals surface area contributed by atoms with Gasteiger partial charge in [-0.2, -0.15) is 0 Å². The summed E-state index contributed by atoms with van der Waals surface area (Å²) in [6, 6.07) is 1.51. The summed E-state index contributed by atoms with van der Waals surface area (Å²) in [4.78, 5) is 10.9. The zero-order chi connectivity index (χ0) is 14.6. The second-order valence-electron chi connectivity index (χ2n) is 6.04. The normalized spacial score (nSPS) is 13.5. The molecule has 3 N–H and O–H groups in total. The third kappa shape index (κ3) is 5.44. The minimum atomic E-state index is -0.986. The summed E-state index contributed by atoms with van der Waals surface area (Å²) in [6.45, 7) is 8.72. The van der Waals surface area contributed by atoms with E-state index in [0.717, 1.165) is 0 Å². The maximum absolute atomic E-state index is 10.9. The van der Waals surface area contributed by atoms with Crippen molar-refractivity contribution >= 4 is 5.97 Å². The van der Waals surface area contributed by atoms with Gasteiger partial charge in [0.1, 0.15) is 17.1 Å². The Kier molecular flexibility index (Phi) is 5.14. The SMILES string of the molecule is Cc1oc(CNCC(O)CC(C)(C)C)cc1C(=O)O. The summed E-state index contributed by atoms with van der Waals surface area (Å²) in [5, 5.41) is 21.8. The van der Waals surface area contributed by atoms with Crippen LogP contribution in [0, 0.1) is 12.3 Å². The van der Waals surface area contributed by atoms with E-state index in [-0.39, 0.29) is 11.0 Å². The summed E-state index contributed by atoms with van der Waals surface area (Å²) in [5.41, 5.74) is 0.269. The highest BCUT2D eigenvalue weighted by atomic mass is 16.4. The first kappa shape index (κ1) is 15.7. The molecule has 108 valence electrons. The zero-order valence-electron chi connectivity index (χ0n) is 12.0. The lowest BCUT2D eigenvalue weighted by Gasteiger charge is -2.22. The van der Waals surface area contributed by atoms with Crippen molar-refractivity contribution in [3.63, 3.8) is 0 Å². The molecule has 19 heavy (non-hydrogen) atoms. The first-order valence-electron chi connectivity index (χ1n) is 6.40. The third-order valence-corrected chi connectivity index (χ3v) is 2.73. The third-order valence-electron chi connectivity index (χ3n) is 2.73. The molecular formula is C14H23NO4. The van der Waals surface area contributed by atoms with Crippen molar-refractivity contribution in [3.8, 4) is 0 Å². The monoisotopic (exact) mass is 269 g/mol. The first-order valence-corrected chi connectivity index (χ1v) is 6.40. The molecule has 1 unspecified atom stereocenters. The molecule has 0 radical (unpaired) electrons. The lowest BCUT2D eigenvalue weighted by Crippen LogP contribution is -2.29. The average Bonchev–Trinajstić information content (AvgIpc) is 2.57. The Bertz CT molecular complexity index is 431. The number of furan rings is 1. The smallest absolute Gasteiger partial charge is 0.339 e. The average molecular weight is 269 g/mol. The summed E-state index contributed by atoms with van der Waals surface area (Å²) >= 11 is 0. The molecule has 0 saturated heterocycles. The van der Waals surface area contributed by atoms with Gasteiger partial charge in [-0.1, -0.05) is 20.8 Å². The Morgan fingerprint density at radius 2 is 2.11 bits per heavy atom. The van der Waals surface area contributed by atoms with Gasteiger partial charge in [0, 0.05) is 6.54 Å². The fourth-order valence-electron chi connectivity index (χ4n) is 1.98. The minimum absolute atomic E-state index is 0.0822. The molecule has 0 aliphatic heterocycles. The number of aliphatic hydroxyl groups excluding tert-OH is 1. The predicted molar refractivity (Wildman–Crippen MR) is 72.2 cm³/mol. The molecule has 1 atom stereocenters. The number of aromatic carboxylic acids is 1. The number of carboxylic acids is 1. The maximum atomic E-state index is 10.9. The van der Waals surface area contributed by atoms with Gasteiger partial charge in [0.05, 0.1) is 12.6 Å². The lowest BCUT2D eigenvalue weighted by molar-refractivity contribution is 0.0695. The van der Waals surface area contributed by atoms with Crippen LogP contribution in [0.1, 0.15) is 49.1 Å². The van der Waals surface area contributed by atoms with E-state index in [1.807, 2.05) is 0 Å². The molecule has 0 bridgehead atoms. The molecule has 0 aliphatic carbocycles. The van der Waals surface area contributed by atoms with E-state index in [0.29, 0.717) is 31.0 Å². The Balaban J connectivity index is 2.41. The molecule has 1 aromatic rings. The Morgan fingerprint density at radius 1 is 1.47 bits per heavy atom. The van der Waals surface area contributed by atoms with Crippen LogP contribution in [-0.4, -0.2) is 28.8 Å². The summed E-state index contributed by atoms with van der Waals surface area (Å²) in [6.07, 6.45) is 0.285. The van der Waals surface area contributed by atoms with Crippen LogP contribution in [0.2, 0.25) is 0 Å². The van der Waals surface area contributed by atoms with E-state index in [1.54, 1.807) is 6.92 Å². The summed E-state index contributed by atoms with van der Waals surface area (Å²) in [7, 11) is 0. The van der Waals surface area contributed by atoms with Gasteiger partial charge in [0.2, 0.25) is 0 Å². The molecule has 0 spiro atoms. The molecule has 5 nitrogen and oxygen atoms in total. The van der Waals surface area contributed by atoms with Crippen LogP contribution in [0.3, 0.4) is 0 Å². The molecule has 0 fully saturated rings. The van der Waals surface area contributed by atoms with Crippen molar-refractivity contribution < 1.29 is 19.4 Å². The number of aliphatic hydroxyl groups is 1. The van der Waals surface area contributed by atoms with Crippen LogP contribution in [0.25, 0.3) is 0 Å². The molecule has 5 heteroatoms. The van der Waals surface area contributed by atoms with Crippen molar-refractivity contribution in [2.24, 2.45) is 5.41 Å². The van der Waals surface area contributed by atoms with Crippen LogP contribution in [0.15, 0.2) is 10.5 Å². The van der Waals surface area contributed by atoms with Crippen LogP contribution in [0.4, 0.5) is 0 Å². The highest BCUT2D eigenvalue weighted by Crippen LogP contribution is 2.20. The molecule has 0 saturated carbocycles. The van der Waals surface area contributed by atoms with Gasteiger partial charge in [-0.25, -0.2) is 4.79 Å². The van der Waals surface area contributed by atoms with E-state index in [9.17, 15) is 9.90 Å². The fourth-order valence-corrected chi connectivity index (χ4v) is 1.98. The van der Waals surface area contributed by atoms with Gasteiger partial charge >= 0.3 is 5.97 Å². The van der Waals surface area contributed by atoms with E-state index >= 15 is 0 Å². The number of aryl methyl sites for hydroxylation is 1. The highest BCUT2D eigenvalue weighted by molar-refractivity contribution is 5.88. The Hall–Kier alpha value is -1.33. The summed E-state index contributed by atoms with van der Waals surface area (Å²) < 4.78 is 5.33. The zero-order valence-corrected chi connectivity index (χ0v) is 12.0. The fraction of sp³-hybridized carbons (Fsp3) is 0.643. The Morgan fingerprint density at radius 3 is 2.58 bits per heavy atom. The number of rotatable bonds is 6. The van der Waals surface area contributed by atoms with Gasteiger partial charge in [0.15, 0.2) is 0 Å². The maximum Gasteiger partial charge on any atom is 0.339 e. The molecule has 1 aromatic heterocycles. The standard InChI is InChI=1S/C14H23NO4/c1-9-12(13(17)18)5-11(19-9)8-15-7-10(16)6-14(2,3)4/h5,10,15-16H,6-8H2,1-4H3,(H,17,18). The van der Waals surface area contributed by atoms with Gasteiger partial charge in [0.25, 0.3) is 0 Å². The van der Waals surface area contributed by atoms with E-state index < -0.39 is 12.1 Å². The van der Waals surface area contributed by atoms with Gasteiger partial charge in [-0.15, -0.1) is 0 Å². The van der Waals surface area contributed by atoms with Crippen molar-refractivity contribution in [2.75, 3.05) is 6.54 Å². The second kappa shape index (κ2) is 6.21. The van der Waals surface area contributed by atoms with Gasteiger partial charge < -0.3 is 19.9 Å². The van der Waals surface area contributed by atoms with Crippen molar-refractivity contribution in [1.82, 2.24) is 5.32 Å². The van der Waals surface area contributed by atoms with E-state index in [2.05, 4.69) is 26.1 Å². The number of carbonyl (C=O) groups is 1. The predicted octanol–water partition coefficient (Wildman–Crippen LogP) is 2.17. The highest BCUT2D eigenvalue weighted by Gasteiger charge is 2.17. The molecule has 0 amide bonds. The van der Waals surface area contributed by atoms with Gasteiger partial charge in [-0.3, -0.25) is 0 Å². The van der Waals surface area contributed by atoms with E-state index in [4.69, 9.17) is 9.52 Å². The first-order chi connectivity index (χ1) is 8.69. The van der Waals surface area contributed by atoms with Crippen LogP contribution in [0.5, 0.6) is 0 Å². The number of carboxylic acid groups (broad SMARTS) is 1. The molecular weight excluding hydrogens is 246 g/mol. The number of hydrogen-bond acceptors (Lipinski definition) is 4. The Labute approximate surface area is 113 Å². The second-order valence-corrected chi connectivity index (χ2v) is 6.04. The molecule has 1 rings (SSSR count). The topological polar surface area (TPSA) is 82.7 Å². The molecule has 0 aliphatic rings. The number of nitrogens with one attached hydrogen (secondary N) is 1. The van der Waals surface area contributed by atoms with Crippen molar-refractivity contribution in [1.29, 1.82) is 0 Å². The molecule has 0 aromatic carbocycles. The van der Waals surface area contributed by atoms with Gasteiger partial charge in [-0.05, 0) is 24.8 Å². The number of hydrogen-bond donors (Lipinski definition) is 3. The quantitative estimate of drug-likeness (QED) is 0.737. The van der Waals surface area contributed by atoms with Crippen LogP contribution < -0.4 is 5.32 Å². The molecule has 1 heterocycles. The summed E-state index contributed by atoms with van der Waals surface area (Å²) in [5.74, 6) is -0.0161. The minimum Gasteiger partial charge on any atom is -0.478 e. The lowest BCUT2D eigenvalue weighted by atomic mass is 9.89. The largest absolute Gasteiger partial charge is 0.478 e. The van der Waals surface area contributed by atoms with Crippen molar-refractivity contribution in [3.05, 3.63) is 23.2 Å². The van der Waals surface area contributed by atoms with Crippen molar-refractivity contribution in [2.45, 2.75) is 46.8 Å². The van der Waals surface area contributed by atoms with E-state index in [1.165, 1.54) is 6.07 Å². The van der Waals surface area contributed by atoms with Crippen LogP contribution in [-0.2, 0) is 6.54 Å².